The Morgan fingerprint density at radius 3 is 1.65 bits per heavy atom. The standard InChI is InChI=1S/C18H23ClF6N4O2/c19-14-26-15(30-13(17(20,21)22)18(23,24)25)28-16(27-14)31-29-12-10-8-6-4-2-1-3-5-7-9-11-12/h13H,1-11H2. The summed E-state index contributed by atoms with van der Waals surface area (Å²) in [4.78, 5) is 15.1. The predicted octanol–water partition coefficient (Wildman–Crippen LogP) is 6.44. The molecule has 1 aromatic heterocycles. The number of oxime groups is 1. The minimum absolute atomic E-state index is 0.656. The minimum atomic E-state index is -5.73. The highest BCUT2D eigenvalue weighted by molar-refractivity contribution is 6.28. The Hall–Kier alpha value is -1.85. The molecule has 1 saturated carbocycles. The lowest BCUT2D eigenvalue weighted by Gasteiger charge is -2.22. The van der Waals surface area contributed by atoms with Gasteiger partial charge in [-0.05, 0) is 37.3 Å². The third-order valence-corrected chi connectivity index (χ3v) is 4.74. The van der Waals surface area contributed by atoms with Gasteiger partial charge in [0.1, 0.15) is 0 Å². The van der Waals surface area contributed by atoms with Gasteiger partial charge in [-0.2, -0.15) is 36.3 Å². The zero-order valence-corrected chi connectivity index (χ0v) is 17.4. The molecule has 6 nitrogen and oxygen atoms in total. The number of ether oxygens (including phenoxy) is 1. The summed E-state index contributed by atoms with van der Waals surface area (Å²) < 4.78 is 80.0. The molecule has 176 valence electrons. The third-order valence-electron chi connectivity index (χ3n) is 4.57. The van der Waals surface area contributed by atoms with Gasteiger partial charge in [-0.3, -0.25) is 0 Å². The first-order valence-electron chi connectivity index (χ1n) is 10.00. The molecule has 0 saturated heterocycles. The number of aromatic nitrogens is 3. The van der Waals surface area contributed by atoms with E-state index in [1.54, 1.807) is 0 Å². The summed E-state index contributed by atoms with van der Waals surface area (Å²) >= 11 is 5.57. The second-order valence-electron chi connectivity index (χ2n) is 7.18. The first-order chi connectivity index (χ1) is 14.6. The van der Waals surface area contributed by atoms with Gasteiger partial charge in [0, 0.05) is 0 Å². The average Bonchev–Trinajstić information content (AvgIpc) is 2.63. The fourth-order valence-electron chi connectivity index (χ4n) is 3.05. The number of rotatable bonds is 4. The normalized spacial score (nSPS) is 17.6. The van der Waals surface area contributed by atoms with E-state index in [0.29, 0.717) is 18.6 Å². The summed E-state index contributed by atoms with van der Waals surface area (Å²) in [6.45, 7) is 0. The monoisotopic (exact) mass is 476 g/mol. The van der Waals surface area contributed by atoms with Crippen molar-refractivity contribution in [1.82, 2.24) is 15.0 Å². The van der Waals surface area contributed by atoms with Crippen molar-refractivity contribution in [2.75, 3.05) is 0 Å². The van der Waals surface area contributed by atoms with Crippen molar-refractivity contribution in [2.24, 2.45) is 5.16 Å². The Balaban J connectivity index is 2.10. The second kappa shape index (κ2) is 11.7. The van der Waals surface area contributed by atoms with E-state index in [9.17, 15) is 26.3 Å². The first-order valence-corrected chi connectivity index (χ1v) is 10.4. The lowest BCUT2D eigenvalue weighted by molar-refractivity contribution is -0.301. The Morgan fingerprint density at radius 2 is 1.16 bits per heavy atom. The van der Waals surface area contributed by atoms with Crippen LogP contribution in [-0.2, 0) is 0 Å². The van der Waals surface area contributed by atoms with Crippen molar-refractivity contribution in [3.05, 3.63) is 5.28 Å². The topological polar surface area (TPSA) is 69.5 Å². The van der Waals surface area contributed by atoms with Crippen LogP contribution in [0.3, 0.4) is 0 Å². The molecule has 1 aromatic rings. The first kappa shape index (κ1) is 25.4. The average molecular weight is 477 g/mol. The molecular weight excluding hydrogens is 454 g/mol. The number of halogens is 7. The summed E-state index contributed by atoms with van der Waals surface area (Å²) in [5.41, 5.74) is 0.711. The van der Waals surface area contributed by atoms with Gasteiger partial charge in [-0.15, -0.1) is 4.98 Å². The van der Waals surface area contributed by atoms with Crippen LogP contribution in [0.25, 0.3) is 0 Å². The fourth-order valence-corrected chi connectivity index (χ4v) is 3.19. The molecule has 0 amide bonds. The molecular formula is C18H23ClF6N4O2. The van der Waals surface area contributed by atoms with Gasteiger partial charge in [0.05, 0.1) is 5.71 Å². The van der Waals surface area contributed by atoms with Crippen molar-refractivity contribution in [2.45, 2.75) is 89.1 Å². The van der Waals surface area contributed by atoms with E-state index in [4.69, 9.17) is 16.4 Å². The van der Waals surface area contributed by atoms with Gasteiger partial charge in [-0.1, -0.05) is 50.1 Å². The maximum Gasteiger partial charge on any atom is 0.434 e. The third kappa shape index (κ3) is 9.44. The lowest BCUT2D eigenvalue weighted by atomic mass is 10.00. The van der Waals surface area contributed by atoms with Crippen molar-refractivity contribution in [3.8, 4) is 12.0 Å². The maximum atomic E-state index is 12.7. The summed E-state index contributed by atoms with van der Waals surface area (Å²) in [5.74, 6) is 0. The smallest absolute Gasteiger partial charge is 0.434 e. The SMILES string of the molecule is FC(F)(F)C(Oc1nc(Cl)nc(ON=C2CCCCCCCCCCC2)n1)C(F)(F)F. The highest BCUT2D eigenvalue weighted by Crippen LogP contribution is 2.36. The van der Waals surface area contributed by atoms with Crippen LogP contribution in [0.4, 0.5) is 26.3 Å². The largest absolute Gasteiger partial charge is 0.440 e. The Morgan fingerprint density at radius 1 is 0.710 bits per heavy atom. The molecule has 0 aliphatic heterocycles. The second-order valence-corrected chi connectivity index (χ2v) is 7.52. The molecule has 0 N–H and O–H groups in total. The Kier molecular flexibility index (Phi) is 9.57. The highest BCUT2D eigenvalue weighted by Gasteiger charge is 2.59. The van der Waals surface area contributed by atoms with E-state index in [1.165, 1.54) is 19.3 Å². The molecule has 31 heavy (non-hydrogen) atoms. The maximum absolute atomic E-state index is 12.7. The Bertz CT molecular complexity index is 702. The molecule has 1 fully saturated rings. The summed E-state index contributed by atoms with van der Waals surface area (Å²) in [6.07, 6.45) is -4.55. The predicted molar refractivity (Wildman–Crippen MR) is 100 cm³/mol. The summed E-state index contributed by atoms with van der Waals surface area (Å²) in [5, 5.41) is 3.25. The fraction of sp³-hybridized carbons (Fsp3) is 0.778. The van der Waals surface area contributed by atoms with E-state index in [-0.39, 0.29) is 0 Å². The van der Waals surface area contributed by atoms with Gasteiger partial charge < -0.3 is 9.57 Å². The van der Waals surface area contributed by atoms with Gasteiger partial charge in [0.2, 0.25) is 5.28 Å². The minimum Gasteiger partial charge on any atom is -0.440 e. The molecule has 1 aliphatic carbocycles. The molecule has 0 bridgehead atoms. The molecule has 0 spiro atoms. The van der Waals surface area contributed by atoms with Crippen LogP contribution in [0.2, 0.25) is 5.28 Å². The van der Waals surface area contributed by atoms with E-state index in [1.807, 2.05) is 0 Å². The van der Waals surface area contributed by atoms with Gasteiger partial charge >= 0.3 is 24.4 Å². The molecule has 0 atom stereocenters. The summed E-state index contributed by atoms with van der Waals surface area (Å²) in [7, 11) is 0. The number of nitrogens with zero attached hydrogens (tertiary/aromatic N) is 4. The summed E-state index contributed by atoms with van der Waals surface area (Å²) in [6, 6.07) is -1.93. The van der Waals surface area contributed by atoms with Crippen LogP contribution in [-0.4, -0.2) is 39.1 Å². The molecule has 1 aliphatic rings. The molecule has 2 rings (SSSR count). The van der Waals surface area contributed by atoms with Crippen molar-refractivity contribution >= 4 is 17.3 Å². The van der Waals surface area contributed by atoms with E-state index in [2.05, 4.69) is 24.8 Å². The van der Waals surface area contributed by atoms with Gasteiger partial charge in [0.25, 0.3) is 6.10 Å². The zero-order valence-electron chi connectivity index (χ0n) is 16.6. The quantitative estimate of drug-likeness (QED) is 0.369. The van der Waals surface area contributed by atoms with Crippen molar-refractivity contribution in [1.29, 1.82) is 0 Å². The van der Waals surface area contributed by atoms with Gasteiger partial charge in [-0.25, -0.2) is 0 Å². The number of hydrogen-bond acceptors (Lipinski definition) is 6. The zero-order chi connectivity index (χ0) is 22.9. The Labute approximate surface area is 180 Å². The molecule has 0 unspecified atom stereocenters. The highest BCUT2D eigenvalue weighted by atomic mass is 35.5. The molecule has 1 heterocycles. The van der Waals surface area contributed by atoms with Crippen LogP contribution in [0.1, 0.15) is 70.6 Å². The van der Waals surface area contributed by atoms with E-state index in [0.717, 1.165) is 38.5 Å². The lowest BCUT2D eigenvalue weighted by Crippen LogP contribution is -2.46. The van der Waals surface area contributed by atoms with Crippen LogP contribution in [0.15, 0.2) is 5.16 Å². The van der Waals surface area contributed by atoms with Crippen LogP contribution in [0, 0.1) is 0 Å². The number of hydrogen-bond donors (Lipinski definition) is 0. The van der Waals surface area contributed by atoms with Crippen LogP contribution in [0.5, 0.6) is 12.0 Å². The van der Waals surface area contributed by atoms with Crippen LogP contribution >= 0.6 is 11.6 Å². The molecule has 0 aromatic carbocycles. The van der Waals surface area contributed by atoms with E-state index < -0.39 is 35.8 Å². The molecule has 13 heteroatoms. The van der Waals surface area contributed by atoms with Crippen molar-refractivity contribution in [3.63, 3.8) is 0 Å². The number of alkyl halides is 6. The van der Waals surface area contributed by atoms with E-state index >= 15 is 0 Å². The van der Waals surface area contributed by atoms with Crippen LogP contribution < -0.4 is 9.57 Å². The molecule has 0 radical (unpaired) electrons. The van der Waals surface area contributed by atoms with Gasteiger partial charge in [0.15, 0.2) is 0 Å². The van der Waals surface area contributed by atoms with Crippen molar-refractivity contribution < 1.29 is 35.9 Å².